The molecule has 14 atom stereocenters. The van der Waals surface area contributed by atoms with Crippen LogP contribution in [0, 0.1) is 47.3 Å². The fraction of sp³-hybridized carbons (Fsp3) is 1.00. The maximum atomic E-state index is 4.47. The lowest BCUT2D eigenvalue weighted by molar-refractivity contribution is 0.00464. The molecule has 14 unspecified atom stereocenters. The third-order valence-corrected chi connectivity index (χ3v) is 19.9. The Morgan fingerprint density at radius 2 is 0.827 bits per heavy atom. The lowest BCUT2D eigenvalue weighted by atomic mass is 9.58. The van der Waals surface area contributed by atoms with Gasteiger partial charge in [-0.25, -0.2) is 0 Å². The summed E-state index contributed by atoms with van der Waals surface area (Å²) < 4.78 is 0. The van der Waals surface area contributed by atoms with E-state index in [1.165, 1.54) is 135 Å². The first-order valence-electron chi connectivity index (χ1n) is 24.9. The molecule has 3 aliphatic heterocycles. The van der Waals surface area contributed by atoms with Crippen molar-refractivity contribution in [1.29, 1.82) is 0 Å². The molecule has 11 rings (SSSR count). The Kier molecular flexibility index (Phi) is 10.1. The van der Waals surface area contributed by atoms with Gasteiger partial charge in [-0.2, -0.15) is 0 Å². The molecule has 0 bridgehead atoms. The molecule has 4 nitrogen and oxygen atoms in total. The van der Waals surface area contributed by atoms with Crippen LogP contribution in [0.25, 0.3) is 0 Å². The lowest BCUT2D eigenvalue weighted by Gasteiger charge is -2.53. The molecule has 11 aliphatic rings. The van der Waals surface area contributed by atoms with Crippen molar-refractivity contribution in [2.45, 2.75) is 253 Å². The molecule has 0 spiro atoms. The van der Waals surface area contributed by atoms with Gasteiger partial charge in [0.25, 0.3) is 0 Å². The van der Waals surface area contributed by atoms with Crippen molar-refractivity contribution in [3.8, 4) is 0 Å². The summed E-state index contributed by atoms with van der Waals surface area (Å²) in [6.45, 7) is 0. The van der Waals surface area contributed by atoms with Gasteiger partial charge in [-0.05, 0) is 156 Å². The molecule has 11 fully saturated rings. The van der Waals surface area contributed by atoms with Crippen LogP contribution in [0.15, 0.2) is 0 Å². The smallest absolute Gasteiger partial charge is 0.0255 e. The number of nitrogens with zero attached hydrogens (tertiary/aromatic N) is 2. The van der Waals surface area contributed by atoms with Gasteiger partial charge >= 0.3 is 0 Å². The summed E-state index contributed by atoms with van der Waals surface area (Å²) in [7, 11) is 0. The van der Waals surface area contributed by atoms with Gasteiger partial charge in [0.2, 0.25) is 0 Å². The Labute approximate surface area is 319 Å². The monoisotopic (exact) mass is 713 g/mol. The number of fused-ring (bicyclic) bond motifs is 9. The molecular formula is C48H80N4. The van der Waals surface area contributed by atoms with Gasteiger partial charge in [0.15, 0.2) is 0 Å². The zero-order chi connectivity index (χ0) is 34.2. The molecule has 4 heteroatoms. The zero-order valence-electron chi connectivity index (χ0n) is 33.5. The van der Waals surface area contributed by atoms with E-state index in [1.807, 2.05) is 0 Å². The highest BCUT2D eigenvalue weighted by Gasteiger charge is 2.63. The van der Waals surface area contributed by atoms with E-state index in [0.29, 0.717) is 0 Å². The standard InChI is InChI=1S/C48H80N4/c1-3-14-32(15-4-1)47-48(50-41-21-11-10-20-40(41)49-47)33-23-26-35(27-24-33)51-42-22-12-9-19-37(42)38-29-39-45(30-44(38)51)52(34-16-5-2-6-17-34)43-28-25-31-13-7-8-18-36(31)46(39)43/h31-50H,1-30H2. The van der Waals surface area contributed by atoms with E-state index < -0.39 is 0 Å². The molecule has 292 valence electrons. The lowest BCUT2D eigenvalue weighted by Crippen LogP contribution is -2.70. The normalized spacial score (nSPS) is 52.2. The average molecular weight is 713 g/mol. The van der Waals surface area contributed by atoms with Crippen molar-refractivity contribution in [3.05, 3.63) is 0 Å². The quantitative estimate of drug-likeness (QED) is 0.304. The second-order valence-electron chi connectivity index (χ2n) is 21.9. The van der Waals surface area contributed by atoms with Crippen molar-refractivity contribution in [3.63, 3.8) is 0 Å². The molecule has 0 aromatic carbocycles. The highest BCUT2D eigenvalue weighted by Crippen LogP contribution is 2.62. The summed E-state index contributed by atoms with van der Waals surface area (Å²) in [6, 6.07) is 8.53. The number of likely N-dealkylation sites (tertiary alicyclic amines) is 2. The van der Waals surface area contributed by atoms with Gasteiger partial charge < -0.3 is 10.6 Å². The number of rotatable bonds is 4. The summed E-state index contributed by atoms with van der Waals surface area (Å²) in [5.74, 6) is 8.18. The minimum absolute atomic E-state index is 0.738. The maximum Gasteiger partial charge on any atom is 0.0255 e. The van der Waals surface area contributed by atoms with Crippen LogP contribution in [-0.4, -0.2) is 70.2 Å². The van der Waals surface area contributed by atoms with Gasteiger partial charge in [0, 0.05) is 60.4 Å². The van der Waals surface area contributed by atoms with Gasteiger partial charge in [-0.15, -0.1) is 0 Å². The third-order valence-electron chi connectivity index (χ3n) is 19.9. The summed E-state index contributed by atoms with van der Waals surface area (Å²) in [5, 5.41) is 8.90. The van der Waals surface area contributed by atoms with Crippen LogP contribution >= 0.6 is 0 Å². The molecule has 52 heavy (non-hydrogen) atoms. The Balaban J connectivity index is 0.844. The van der Waals surface area contributed by atoms with Crippen molar-refractivity contribution in [2.24, 2.45) is 47.3 Å². The van der Waals surface area contributed by atoms with E-state index in [1.54, 1.807) is 57.8 Å². The predicted molar refractivity (Wildman–Crippen MR) is 214 cm³/mol. The Hall–Kier alpha value is -0.160. The molecule has 0 radical (unpaired) electrons. The minimum Gasteiger partial charge on any atom is -0.308 e. The molecule has 8 saturated carbocycles. The van der Waals surface area contributed by atoms with Crippen molar-refractivity contribution < 1.29 is 0 Å². The second kappa shape index (κ2) is 15.0. The molecule has 2 N–H and O–H groups in total. The molecule has 0 amide bonds. The number of piperazine rings is 1. The molecule has 8 aliphatic carbocycles. The average Bonchev–Trinajstić information content (AvgIpc) is 3.72. The first-order valence-corrected chi connectivity index (χ1v) is 24.9. The van der Waals surface area contributed by atoms with Crippen molar-refractivity contribution in [1.82, 2.24) is 20.4 Å². The Bertz CT molecular complexity index is 1200. The Morgan fingerprint density at radius 3 is 1.58 bits per heavy atom. The minimum atomic E-state index is 0.738. The fourth-order valence-corrected chi connectivity index (χ4v) is 18.0. The van der Waals surface area contributed by atoms with Gasteiger partial charge in [-0.3, -0.25) is 9.80 Å². The van der Waals surface area contributed by atoms with Crippen LogP contribution in [0.2, 0.25) is 0 Å². The van der Waals surface area contributed by atoms with E-state index in [-0.39, 0.29) is 0 Å². The van der Waals surface area contributed by atoms with Crippen molar-refractivity contribution in [2.75, 3.05) is 0 Å². The van der Waals surface area contributed by atoms with E-state index in [9.17, 15) is 0 Å². The summed E-state index contributed by atoms with van der Waals surface area (Å²) in [5.41, 5.74) is 0. The largest absolute Gasteiger partial charge is 0.308 e. The first-order chi connectivity index (χ1) is 25.8. The maximum absolute atomic E-state index is 4.47. The van der Waals surface area contributed by atoms with Gasteiger partial charge in [0.05, 0.1) is 0 Å². The van der Waals surface area contributed by atoms with Crippen LogP contribution in [0.1, 0.15) is 193 Å². The molecular weight excluding hydrogens is 633 g/mol. The van der Waals surface area contributed by atoms with Crippen LogP contribution in [0.4, 0.5) is 0 Å². The van der Waals surface area contributed by atoms with E-state index >= 15 is 0 Å². The highest BCUT2D eigenvalue weighted by molar-refractivity contribution is 5.16. The predicted octanol–water partition coefficient (Wildman–Crippen LogP) is 10.2. The first kappa shape index (κ1) is 35.0. The third kappa shape index (κ3) is 6.08. The van der Waals surface area contributed by atoms with E-state index in [4.69, 9.17) is 0 Å². The number of hydrogen-bond donors (Lipinski definition) is 2. The fourth-order valence-electron chi connectivity index (χ4n) is 18.0. The van der Waals surface area contributed by atoms with Crippen molar-refractivity contribution >= 4 is 0 Å². The second-order valence-corrected chi connectivity index (χ2v) is 21.9. The number of hydrogen-bond acceptors (Lipinski definition) is 4. The molecule has 0 aromatic heterocycles. The van der Waals surface area contributed by atoms with Crippen LogP contribution < -0.4 is 10.6 Å². The zero-order valence-corrected chi connectivity index (χ0v) is 33.5. The van der Waals surface area contributed by atoms with Crippen LogP contribution in [-0.2, 0) is 0 Å². The van der Waals surface area contributed by atoms with E-state index in [0.717, 1.165) is 108 Å². The molecule has 3 heterocycles. The van der Waals surface area contributed by atoms with Gasteiger partial charge in [-0.1, -0.05) is 83.5 Å². The van der Waals surface area contributed by atoms with Gasteiger partial charge in [0.1, 0.15) is 0 Å². The molecule has 0 aromatic rings. The topological polar surface area (TPSA) is 30.5 Å². The number of nitrogens with one attached hydrogen (secondary N) is 2. The highest BCUT2D eigenvalue weighted by atomic mass is 15.3. The summed E-state index contributed by atoms with van der Waals surface area (Å²) >= 11 is 0. The SMILES string of the molecule is C1CCC(C2NC3CCCCC3NC2C2CCC(N3C4CCCCC4C4CC5C6C7CCCCC7CCC6N(C6CCCCC6)C5CC43)CC2)CC1. The molecule has 3 saturated heterocycles. The van der Waals surface area contributed by atoms with Crippen LogP contribution in [0.5, 0.6) is 0 Å². The van der Waals surface area contributed by atoms with Crippen LogP contribution in [0.3, 0.4) is 0 Å². The summed E-state index contributed by atoms with van der Waals surface area (Å²) in [6.07, 6.45) is 45.6. The Morgan fingerprint density at radius 1 is 0.308 bits per heavy atom. The summed E-state index contributed by atoms with van der Waals surface area (Å²) in [4.78, 5) is 6.78. The van der Waals surface area contributed by atoms with E-state index in [2.05, 4.69) is 20.4 Å².